The number of rotatable bonds is 4. The van der Waals surface area contributed by atoms with Crippen LogP contribution in [0.4, 0.5) is 0 Å². The van der Waals surface area contributed by atoms with Crippen LogP contribution >= 0.6 is 0 Å². The van der Waals surface area contributed by atoms with Crippen LogP contribution in [0.1, 0.15) is 12.8 Å². The summed E-state index contributed by atoms with van der Waals surface area (Å²) >= 11 is 0. The molecule has 0 N–H and O–H groups in total. The quantitative estimate of drug-likeness (QED) is 0.400. The lowest BCUT2D eigenvalue weighted by Crippen LogP contribution is -2.45. The Morgan fingerprint density at radius 1 is 1.22 bits per heavy atom. The molecule has 1 aliphatic rings. The Balaban J connectivity index is 2.95. The maximum Gasteiger partial charge on any atom is 0.318 e. The van der Waals surface area contributed by atoms with E-state index in [4.69, 9.17) is 4.74 Å². The van der Waals surface area contributed by atoms with Crippen LogP contribution in [-0.4, -0.2) is 37.2 Å². The van der Waals surface area contributed by atoms with E-state index in [9.17, 15) is 19.2 Å². The van der Waals surface area contributed by atoms with Crippen LogP contribution in [0.3, 0.4) is 0 Å². The summed E-state index contributed by atoms with van der Waals surface area (Å²) in [5.41, 5.74) is 0. The normalized spacial score (nSPS) is 23.4. The topological polar surface area (TPSA) is 86.7 Å². The summed E-state index contributed by atoms with van der Waals surface area (Å²) in [4.78, 5) is 46.5. The third kappa shape index (κ3) is 2.82. The maximum absolute atomic E-state index is 11.7. The number of carbonyl (C=O) groups excluding carboxylic acids is 4. The van der Waals surface area contributed by atoms with Gasteiger partial charge in [-0.15, -0.1) is 0 Å². The zero-order chi connectivity index (χ0) is 13.7. The number of hydrogen-bond donors (Lipinski definition) is 0. The highest BCUT2D eigenvalue weighted by atomic mass is 16.5. The molecule has 18 heavy (non-hydrogen) atoms. The fourth-order valence-electron chi connectivity index (χ4n) is 1.82. The van der Waals surface area contributed by atoms with Gasteiger partial charge in [-0.3, -0.25) is 19.2 Å². The standard InChI is InChI=1S/C12H14O6/c1-3-6-18-12(16)10-8(14)5-4-7(13)9(10)11(15)17-2/h3,9-10H,1,4-6H2,2H3. The van der Waals surface area contributed by atoms with Gasteiger partial charge in [0, 0.05) is 12.8 Å². The molecule has 1 aliphatic carbocycles. The molecule has 6 heteroatoms. The van der Waals surface area contributed by atoms with Crippen molar-refractivity contribution in [2.75, 3.05) is 13.7 Å². The lowest BCUT2D eigenvalue weighted by Gasteiger charge is -2.25. The molecule has 98 valence electrons. The fourth-order valence-corrected chi connectivity index (χ4v) is 1.82. The Morgan fingerprint density at radius 2 is 1.72 bits per heavy atom. The van der Waals surface area contributed by atoms with E-state index in [2.05, 4.69) is 11.3 Å². The highest BCUT2D eigenvalue weighted by Gasteiger charge is 2.47. The summed E-state index contributed by atoms with van der Waals surface area (Å²) in [7, 11) is 1.10. The zero-order valence-electron chi connectivity index (χ0n) is 10.0. The number of ketones is 2. The summed E-state index contributed by atoms with van der Waals surface area (Å²) in [6, 6.07) is 0. The Kier molecular flexibility index (Phi) is 4.76. The van der Waals surface area contributed by atoms with Gasteiger partial charge in [0.05, 0.1) is 7.11 Å². The first-order chi connectivity index (χ1) is 8.52. The van der Waals surface area contributed by atoms with Crippen molar-refractivity contribution >= 4 is 23.5 Å². The molecule has 0 amide bonds. The lowest BCUT2D eigenvalue weighted by atomic mass is 9.77. The van der Waals surface area contributed by atoms with Crippen LogP contribution in [0, 0.1) is 11.8 Å². The molecule has 0 saturated heterocycles. The minimum absolute atomic E-state index is 0.0517. The first-order valence-electron chi connectivity index (χ1n) is 5.43. The summed E-state index contributed by atoms with van der Waals surface area (Å²) in [6.07, 6.45) is 1.23. The molecule has 0 radical (unpaired) electrons. The van der Waals surface area contributed by atoms with Crippen molar-refractivity contribution in [3.05, 3.63) is 12.7 Å². The predicted octanol–water partition coefficient (Wildman–Crippen LogP) is 0.0530. The molecule has 2 atom stereocenters. The molecule has 0 aliphatic heterocycles. The number of esters is 2. The van der Waals surface area contributed by atoms with E-state index < -0.39 is 35.3 Å². The van der Waals surface area contributed by atoms with E-state index in [0.717, 1.165) is 7.11 Å². The van der Waals surface area contributed by atoms with Crippen molar-refractivity contribution in [1.29, 1.82) is 0 Å². The van der Waals surface area contributed by atoms with Crippen LogP contribution in [0.25, 0.3) is 0 Å². The molecule has 1 rings (SSSR count). The van der Waals surface area contributed by atoms with Gasteiger partial charge in [0.2, 0.25) is 0 Å². The van der Waals surface area contributed by atoms with Gasteiger partial charge in [0.1, 0.15) is 30.0 Å². The average Bonchev–Trinajstić information content (AvgIpc) is 2.37. The van der Waals surface area contributed by atoms with Gasteiger partial charge in [-0.05, 0) is 0 Å². The Bertz CT molecular complexity index is 389. The van der Waals surface area contributed by atoms with Gasteiger partial charge in [-0.2, -0.15) is 0 Å². The second kappa shape index (κ2) is 6.09. The van der Waals surface area contributed by atoms with Gasteiger partial charge < -0.3 is 9.47 Å². The zero-order valence-corrected chi connectivity index (χ0v) is 10.0. The van der Waals surface area contributed by atoms with Gasteiger partial charge in [0.25, 0.3) is 0 Å². The molecule has 2 unspecified atom stereocenters. The van der Waals surface area contributed by atoms with Gasteiger partial charge >= 0.3 is 11.9 Å². The van der Waals surface area contributed by atoms with Crippen molar-refractivity contribution in [3.8, 4) is 0 Å². The highest BCUT2D eigenvalue weighted by molar-refractivity contribution is 6.14. The van der Waals surface area contributed by atoms with E-state index in [1.54, 1.807) is 0 Å². The number of methoxy groups -OCH3 is 1. The second-order valence-corrected chi connectivity index (χ2v) is 3.83. The minimum Gasteiger partial charge on any atom is -0.468 e. The highest BCUT2D eigenvalue weighted by Crippen LogP contribution is 2.27. The molecule has 0 aromatic carbocycles. The summed E-state index contributed by atoms with van der Waals surface area (Å²) < 4.78 is 9.19. The number of carbonyl (C=O) groups is 4. The smallest absolute Gasteiger partial charge is 0.318 e. The SMILES string of the molecule is C=CCOC(=O)C1C(=O)CCC(=O)C1C(=O)OC. The van der Waals surface area contributed by atoms with Crippen molar-refractivity contribution in [2.24, 2.45) is 11.8 Å². The number of Topliss-reactive ketones (excluding diaryl/α,β-unsaturated/α-hetero) is 2. The lowest BCUT2D eigenvalue weighted by molar-refractivity contribution is -0.167. The average molecular weight is 254 g/mol. The van der Waals surface area contributed by atoms with Crippen LogP contribution < -0.4 is 0 Å². The van der Waals surface area contributed by atoms with E-state index in [1.165, 1.54) is 6.08 Å². The second-order valence-electron chi connectivity index (χ2n) is 3.83. The molecule has 1 fully saturated rings. The third-order valence-corrected chi connectivity index (χ3v) is 2.70. The molecule has 0 aromatic heterocycles. The molecule has 6 nitrogen and oxygen atoms in total. The molecule has 1 saturated carbocycles. The van der Waals surface area contributed by atoms with Crippen molar-refractivity contribution in [3.63, 3.8) is 0 Å². The van der Waals surface area contributed by atoms with E-state index in [1.807, 2.05) is 0 Å². The largest absolute Gasteiger partial charge is 0.468 e. The predicted molar refractivity (Wildman–Crippen MR) is 59.4 cm³/mol. The molecule has 0 spiro atoms. The van der Waals surface area contributed by atoms with E-state index >= 15 is 0 Å². The first kappa shape index (κ1) is 14.1. The van der Waals surface area contributed by atoms with Crippen molar-refractivity contribution in [1.82, 2.24) is 0 Å². The molecule has 0 bridgehead atoms. The van der Waals surface area contributed by atoms with Gasteiger partial charge in [-0.1, -0.05) is 12.7 Å². The Morgan fingerprint density at radius 3 is 2.17 bits per heavy atom. The summed E-state index contributed by atoms with van der Waals surface area (Å²) in [6.45, 7) is 3.28. The van der Waals surface area contributed by atoms with Crippen LogP contribution in [0.5, 0.6) is 0 Å². The fraction of sp³-hybridized carbons (Fsp3) is 0.500. The Hall–Kier alpha value is -1.98. The van der Waals surface area contributed by atoms with Crippen LogP contribution in [0.2, 0.25) is 0 Å². The number of hydrogen-bond acceptors (Lipinski definition) is 6. The molecular weight excluding hydrogens is 240 g/mol. The van der Waals surface area contributed by atoms with Gasteiger partial charge in [-0.25, -0.2) is 0 Å². The monoisotopic (exact) mass is 254 g/mol. The first-order valence-corrected chi connectivity index (χ1v) is 5.43. The van der Waals surface area contributed by atoms with Crippen molar-refractivity contribution < 1.29 is 28.7 Å². The third-order valence-electron chi connectivity index (χ3n) is 2.70. The van der Waals surface area contributed by atoms with Crippen LogP contribution in [0.15, 0.2) is 12.7 Å². The van der Waals surface area contributed by atoms with Crippen molar-refractivity contribution in [2.45, 2.75) is 12.8 Å². The maximum atomic E-state index is 11.7. The Labute approximate surface area is 104 Å². The summed E-state index contributed by atoms with van der Waals surface area (Å²) in [5.74, 6) is -5.48. The van der Waals surface area contributed by atoms with E-state index in [-0.39, 0.29) is 19.4 Å². The van der Waals surface area contributed by atoms with Gasteiger partial charge in [0.15, 0.2) is 0 Å². The molecular formula is C12H14O6. The van der Waals surface area contributed by atoms with Crippen LogP contribution in [-0.2, 0) is 28.7 Å². The molecule has 0 aromatic rings. The number of ether oxygens (including phenoxy) is 2. The minimum atomic E-state index is -1.39. The molecule has 0 heterocycles. The van der Waals surface area contributed by atoms with E-state index in [0.29, 0.717) is 0 Å². The summed E-state index contributed by atoms with van der Waals surface area (Å²) in [5, 5.41) is 0.